The van der Waals surface area contributed by atoms with Gasteiger partial charge in [0.1, 0.15) is 5.82 Å². The van der Waals surface area contributed by atoms with Gasteiger partial charge in [0.2, 0.25) is 5.91 Å². The Bertz CT molecular complexity index is 739. The van der Waals surface area contributed by atoms with Crippen molar-refractivity contribution in [2.24, 2.45) is 0 Å². The number of carbonyl (C=O) groups excluding carboxylic acids is 1. The summed E-state index contributed by atoms with van der Waals surface area (Å²) < 4.78 is 13.1. The van der Waals surface area contributed by atoms with E-state index in [-0.39, 0.29) is 30.2 Å². The van der Waals surface area contributed by atoms with E-state index in [0.29, 0.717) is 11.0 Å². The van der Waals surface area contributed by atoms with Crippen LogP contribution in [0.3, 0.4) is 0 Å². The van der Waals surface area contributed by atoms with Gasteiger partial charge in [0.05, 0.1) is 11.7 Å². The van der Waals surface area contributed by atoms with Gasteiger partial charge in [-0.3, -0.25) is 4.79 Å². The highest BCUT2D eigenvalue weighted by molar-refractivity contribution is 7.15. The minimum atomic E-state index is -0.220. The van der Waals surface area contributed by atoms with Crippen LogP contribution in [0.25, 0.3) is 0 Å². The second-order valence-corrected chi connectivity index (χ2v) is 7.63. The van der Waals surface area contributed by atoms with Crippen molar-refractivity contribution in [3.8, 4) is 0 Å². The highest BCUT2D eigenvalue weighted by Crippen LogP contribution is 2.44. The zero-order chi connectivity index (χ0) is 16.5. The number of aromatic nitrogens is 1. The number of thiazole rings is 1. The number of rotatable bonds is 5. The monoisotopic (exact) mass is 381 g/mol. The number of hydrogen-bond donors (Lipinski definition) is 2. The molecule has 1 saturated heterocycles. The van der Waals surface area contributed by atoms with Gasteiger partial charge >= 0.3 is 0 Å². The minimum absolute atomic E-state index is 0. The lowest BCUT2D eigenvalue weighted by molar-refractivity contribution is -0.117. The van der Waals surface area contributed by atoms with Crippen LogP contribution >= 0.6 is 23.7 Å². The average molecular weight is 382 g/mol. The Kier molecular flexibility index (Phi) is 5.71. The summed E-state index contributed by atoms with van der Waals surface area (Å²) in [4.78, 5) is 18.1. The van der Waals surface area contributed by atoms with Gasteiger partial charge in [-0.1, -0.05) is 12.1 Å². The van der Waals surface area contributed by atoms with Gasteiger partial charge < -0.3 is 10.6 Å². The van der Waals surface area contributed by atoms with E-state index in [1.54, 1.807) is 11.3 Å². The summed E-state index contributed by atoms with van der Waals surface area (Å²) in [6.07, 6.45) is 4.99. The molecule has 1 amide bonds. The summed E-state index contributed by atoms with van der Waals surface area (Å²) in [5.41, 5.74) is 2.18. The third kappa shape index (κ3) is 4.37. The quantitative estimate of drug-likeness (QED) is 0.826. The fraction of sp³-hybridized carbons (Fsp3) is 0.444. The zero-order valence-electron chi connectivity index (χ0n) is 13.8. The lowest BCUT2D eigenvalue weighted by atomic mass is 10.1. The predicted molar refractivity (Wildman–Crippen MR) is 100 cm³/mol. The molecule has 1 aliphatic heterocycles. The van der Waals surface area contributed by atoms with Crippen LogP contribution in [0.5, 0.6) is 0 Å². The van der Waals surface area contributed by atoms with Crippen molar-refractivity contribution in [3.05, 3.63) is 46.2 Å². The Morgan fingerprint density at radius 3 is 2.68 bits per heavy atom. The summed E-state index contributed by atoms with van der Waals surface area (Å²) >= 11 is 1.55. The Morgan fingerprint density at radius 1 is 1.28 bits per heavy atom. The van der Waals surface area contributed by atoms with Crippen molar-refractivity contribution in [1.29, 1.82) is 0 Å². The van der Waals surface area contributed by atoms with Crippen LogP contribution in [0, 0.1) is 5.82 Å². The van der Waals surface area contributed by atoms with Gasteiger partial charge in [-0.05, 0) is 49.9 Å². The summed E-state index contributed by atoms with van der Waals surface area (Å²) in [6.45, 7) is 0.902. The fourth-order valence-corrected chi connectivity index (χ4v) is 4.19. The molecule has 1 unspecified atom stereocenters. The van der Waals surface area contributed by atoms with E-state index in [0.717, 1.165) is 49.9 Å². The maximum atomic E-state index is 13.1. The van der Waals surface area contributed by atoms with Crippen LogP contribution < -0.4 is 10.6 Å². The van der Waals surface area contributed by atoms with Gasteiger partial charge in [-0.15, -0.1) is 23.7 Å². The van der Waals surface area contributed by atoms with Crippen LogP contribution in [0.1, 0.15) is 47.7 Å². The molecule has 1 atom stereocenters. The molecule has 2 N–H and O–H groups in total. The minimum Gasteiger partial charge on any atom is -0.306 e. The molecule has 0 bridgehead atoms. The smallest absolute Gasteiger partial charge is 0.243 e. The number of nitrogens with one attached hydrogen (secondary N) is 2. The summed E-state index contributed by atoms with van der Waals surface area (Å²) in [6, 6.07) is 6.50. The summed E-state index contributed by atoms with van der Waals surface area (Å²) in [5.74, 6) is 0.311. The van der Waals surface area contributed by atoms with E-state index in [1.165, 1.54) is 17.0 Å². The number of halogens is 2. The van der Waals surface area contributed by atoms with Crippen LogP contribution in [0.15, 0.2) is 24.3 Å². The van der Waals surface area contributed by atoms with Crippen molar-refractivity contribution < 1.29 is 9.18 Å². The van der Waals surface area contributed by atoms with Gasteiger partial charge in [-0.2, -0.15) is 0 Å². The topological polar surface area (TPSA) is 54.0 Å². The Labute approximate surface area is 156 Å². The van der Waals surface area contributed by atoms with Gasteiger partial charge in [-0.25, -0.2) is 9.37 Å². The molecule has 7 heteroatoms. The average Bonchev–Trinajstić information content (AvgIpc) is 3.11. The molecule has 1 aliphatic carbocycles. The summed E-state index contributed by atoms with van der Waals surface area (Å²) in [7, 11) is 0. The Morgan fingerprint density at radius 2 is 2.04 bits per heavy atom. The van der Waals surface area contributed by atoms with Crippen molar-refractivity contribution >= 4 is 34.8 Å². The van der Waals surface area contributed by atoms with Gasteiger partial charge in [0.25, 0.3) is 0 Å². The summed E-state index contributed by atoms with van der Waals surface area (Å²) in [5, 5.41) is 6.86. The first-order valence-electron chi connectivity index (χ1n) is 8.47. The molecule has 1 aromatic heterocycles. The molecule has 134 valence electrons. The largest absolute Gasteiger partial charge is 0.306 e. The number of hydrogen-bond acceptors (Lipinski definition) is 4. The normalized spacial score (nSPS) is 19.5. The molecule has 1 aromatic carbocycles. The molecule has 25 heavy (non-hydrogen) atoms. The number of carbonyl (C=O) groups is 1. The zero-order valence-corrected chi connectivity index (χ0v) is 15.4. The van der Waals surface area contributed by atoms with Crippen molar-refractivity contribution in [2.75, 3.05) is 11.9 Å². The molecule has 4 rings (SSSR count). The molecule has 2 aromatic rings. The molecule has 2 heterocycles. The molecule has 0 radical (unpaired) electrons. The van der Waals surface area contributed by atoms with Gasteiger partial charge in [0, 0.05) is 17.2 Å². The fourth-order valence-electron chi connectivity index (χ4n) is 3.11. The molecule has 2 fully saturated rings. The SMILES string of the molecule is Cl.O=C(Nc1nc(C2CC2)c(Cc2ccc(F)cc2)s1)C1CCCN1. The first-order chi connectivity index (χ1) is 11.7. The third-order valence-electron chi connectivity index (χ3n) is 4.58. The number of amides is 1. The highest BCUT2D eigenvalue weighted by Gasteiger charge is 2.30. The second-order valence-electron chi connectivity index (χ2n) is 6.54. The number of benzene rings is 1. The molecule has 2 aliphatic rings. The molecule has 1 saturated carbocycles. The van der Waals surface area contributed by atoms with Crippen LogP contribution in [-0.4, -0.2) is 23.5 Å². The molecular weight excluding hydrogens is 361 g/mol. The van der Waals surface area contributed by atoms with Crippen LogP contribution in [0.4, 0.5) is 9.52 Å². The lowest BCUT2D eigenvalue weighted by Crippen LogP contribution is -2.35. The van der Waals surface area contributed by atoms with Crippen LogP contribution in [-0.2, 0) is 11.2 Å². The van der Waals surface area contributed by atoms with Crippen molar-refractivity contribution in [3.63, 3.8) is 0 Å². The van der Waals surface area contributed by atoms with E-state index in [1.807, 2.05) is 12.1 Å². The van der Waals surface area contributed by atoms with Crippen molar-refractivity contribution in [1.82, 2.24) is 10.3 Å². The van der Waals surface area contributed by atoms with Crippen LogP contribution in [0.2, 0.25) is 0 Å². The third-order valence-corrected chi connectivity index (χ3v) is 5.56. The molecule has 0 spiro atoms. The highest BCUT2D eigenvalue weighted by atomic mass is 35.5. The maximum Gasteiger partial charge on any atom is 0.243 e. The Balaban J connectivity index is 0.00000182. The molecule has 4 nitrogen and oxygen atoms in total. The van der Waals surface area contributed by atoms with E-state index in [9.17, 15) is 9.18 Å². The Hall–Kier alpha value is -1.50. The lowest BCUT2D eigenvalue weighted by Gasteiger charge is -2.08. The van der Waals surface area contributed by atoms with Gasteiger partial charge in [0.15, 0.2) is 5.13 Å². The molecular formula is C18H21ClFN3OS. The first kappa shape index (κ1) is 18.3. The predicted octanol–water partition coefficient (Wildman–Crippen LogP) is 3.86. The van der Waals surface area contributed by atoms with Crippen molar-refractivity contribution in [2.45, 2.75) is 44.1 Å². The standard InChI is InChI=1S/C18H20FN3OS.ClH/c19-13-7-3-11(4-8-13)10-15-16(12-5-6-12)21-18(24-15)22-17(23)14-2-1-9-20-14;/h3-4,7-8,12,14,20H,1-2,5-6,9-10H2,(H,21,22,23);1H. The van der Waals surface area contributed by atoms with E-state index < -0.39 is 0 Å². The maximum absolute atomic E-state index is 13.1. The second kappa shape index (κ2) is 7.81. The van der Waals surface area contributed by atoms with E-state index in [4.69, 9.17) is 0 Å². The van der Waals surface area contributed by atoms with E-state index in [2.05, 4.69) is 15.6 Å². The van der Waals surface area contributed by atoms with E-state index >= 15 is 0 Å². The first-order valence-corrected chi connectivity index (χ1v) is 9.29. The number of nitrogens with zero attached hydrogens (tertiary/aromatic N) is 1. The number of anilines is 1.